The van der Waals surface area contributed by atoms with Crippen LogP contribution in [-0.4, -0.2) is 37.2 Å². The van der Waals surface area contributed by atoms with Gasteiger partial charge in [-0.15, -0.1) is 0 Å². The molecule has 0 fully saturated rings. The number of ether oxygens (including phenoxy) is 1. The minimum Gasteiger partial charge on any atom is -0.478 e. The van der Waals surface area contributed by atoms with Gasteiger partial charge < -0.3 is 20.5 Å². The van der Waals surface area contributed by atoms with Crippen molar-refractivity contribution in [2.45, 2.75) is 13.0 Å². The Morgan fingerprint density at radius 2 is 2.06 bits per heavy atom. The summed E-state index contributed by atoms with van der Waals surface area (Å²) < 4.78 is 4.93. The molecule has 1 rings (SSSR count). The number of hydrogen-bond donors (Lipinski definition) is 2. The molecule has 6 nitrogen and oxygen atoms in total. The maximum absolute atomic E-state index is 11.9. The number of carbonyl (C=O) groups is 2. The highest BCUT2D eigenvalue weighted by Gasteiger charge is 2.20. The average molecular weight is 252 g/mol. The SMILES string of the molecule is COC(C)C(=O)N(C)c1ccc(C(=O)O)cc1N. The summed E-state index contributed by atoms with van der Waals surface area (Å²) in [6.45, 7) is 1.63. The van der Waals surface area contributed by atoms with Crippen molar-refractivity contribution in [2.24, 2.45) is 0 Å². The summed E-state index contributed by atoms with van der Waals surface area (Å²) >= 11 is 0. The summed E-state index contributed by atoms with van der Waals surface area (Å²) in [5, 5.41) is 8.82. The second kappa shape index (κ2) is 5.50. The van der Waals surface area contributed by atoms with E-state index in [-0.39, 0.29) is 17.2 Å². The Hall–Kier alpha value is -2.08. The van der Waals surface area contributed by atoms with E-state index < -0.39 is 12.1 Å². The van der Waals surface area contributed by atoms with E-state index in [2.05, 4.69) is 0 Å². The maximum Gasteiger partial charge on any atom is 0.335 e. The van der Waals surface area contributed by atoms with Crippen LogP contribution in [0.2, 0.25) is 0 Å². The van der Waals surface area contributed by atoms with Gasteiger partial charge in [0.25, 0.3) is 5.91 Å². The number of rotatable bonds is 4. The molecule has 3 N–H and O–H groups in total. The zero-order valence-electron chi connectivity index (χ0n) is 10.5. The minimum absolute atomic E-state index is 0.0805. The normalized spacial score (nSPS) is 11.9. The molecule has 0 radical (unpaired) electrons. The van der Waals surface area contributed by atoms with Crippen molar-refractivity contribution < 1.29 is 19.4 Å². The summed E-state index contributed by atoms with van der Waals surface area (Å²) in [5.41, 5.74) is 6.51. The minimum atomic E-state index is -1.06. The molecule has 0 spiro atoms. The molecule has 0 aliphatic heterocycles. The van der Waals surface area contributed by atoms with E-state index in [0.29, 0.717) is 5.69 Å². The summed E-state index contributed by atoms with van der Waals surface area (Å²) in [7, 11) is 3.00. The van der Waals surface area contributed by atoms with Crippen LogP contribution in [0.3, 0.4) is 0 Å². The fourth-order valence-electron chi connectivity index (χ4n) is 1.49. The molecule has 0 saturated carbocycles. The molecule has 1 atom stereocenters. The van der Waals surface area contributed by atoms with Gasteiger partial charge >= 0.3 is 5.97 Å². The number of aromatic carboxylic acids is 1. The molecule has 1 unspecified atom stereocenters. The molecular formula is C12H16N2O4. The lowest BCUT2D eigenvalue weighted by molar-refractivity contribution is -0.127. The summed E-state index contributed by atoms with van der Waals surface area (Å²) in [4.78, 5) is 24.0. The summed E-state index contributed by atoms with van der Waals surface area (Å²) in [6.07, 6.45) is -0.589. The number of benzene rings is 1. The van der Waals surface area contributed by atoms with Gasteiger partial charge in [-0.25, -0.2) is 4.79 Å². The van der Waals surface area contributed by atoms with Crippen LogP contribution in [0.25, 0.3) is 0 Å². The molecule has 1 aromatic carbocycles. The predicted octanol–water partition coefficient (Wildman–Crippen LogP) is 0.965. The topological polar surface area (TPSA) is 92.9 Å². The highest BCUT2D eigenvalue weighted by Crippen LogP contribution is 2.24. The number of methoxy groups -OCH3 is 1. The second-order valence-corrected chi connectivity index (χ2v) is 3.85. The fourth-order valence-corrected chi connectivity index (χ4v) is 1.49. The van der Waals surface area contributed by atoms with Crippen LogP contribution >= 0.6 is 0 Å². The van der Waals surface area contributed by atoms with Crippen LogP contribution in [0.15, 0.2) is 18.2 Å². The molecule has 0 bridgehead atoms. The molecule has 18 heavy (non-hydrogen) atoms. The molecule has 0 aliphatic rings. The molecular weight excluding hydrogens is 236 g/mol. The third kappa shape index (κ3) is 2.78. The first kappa shape index (κ1) is 14.0. The standard InChI is InChI=1S/C12H16N2O4/c1-7(18-3)11(15)14(2)10-5-4-8(12(16)17)6-9(10)13/h4-7H,13H2,1-3H3,(H,16,17). The van der Waals surface area contributed by atoms with E-state index in [1.165, 1.54) is 30.2 Å². The van der Waals surface area contributed by atoms with Crippen molar-refractivity contribution in [3.05, 3.63) is 23.8 Å². The van der Waals surface area contributed by atoms with E-state index in [1.807, 2.05) is 0 Å². The van der Waals surface area contributed by atoms with Gasteiger partial charge in [0.1, 0.15) is 6.10 Å². The quantitative estimate of drug-likeness (QED) is 0.779. The smallest absolute Gasteiger partial charge is 0.335 e. The van der Waals surface area contributed by atoms with Gasteiger partial charge in [-0.05, 0) is 25.1 Å². The first-order valence-electron chi connectivity index (χ1n) is 5.31. The summed E-state index contributed by atoms with van der Waals surface area (Å²) in [6, 6.07) is 4.22. The number of carboxylic acid groups (broad SMARTS) is 1. The third-order valence-corrected chi connectivity index (χ3v) is 2.67. The van der Waals surface area contributed by atoms with Crippen molar-refractivity contribution in [3.8, 4) is 0 Å². The highest BCUT2D eigenvalue weighted by atomic mass is 16.5. The molecule has 0 aliphatic carbocycles. The Bertz CT molecular complexity index is 473. The largest absolute Gasteiger partial charge is 0.478 e. The van der Waals surface area contributed by atoms with Crippen molar-refractivity contribution in [2.75, 3.05) is 24.8 Å². The molecule has 1 aromatic rings. The molecule has 1 amide bonds. The van der Waals surface area contributed by atoms with E-state index in [4.69, 9.17) is 15.6 Å². The van der Waals surface area contributed by atoms with Crippen LogP contribution in [0.5, 0.6) is 0 Å². The lowest BCUT2D eigenvalue weighted by atomic mass is 10.1. The van der Waals surface area contributed by atoms with Gasteiger partial charge in [-0.2, -0.15) is 0 Å². The zero-order valence-corrected chi connectivity index (χ0v) is 10.5. The number of nitrogen functional groups attached to an aromatic ring is 1. The van der Waals surface area contributed by atoms with Gasteiger partial charge in [0, 0.05) is 14.2 Å². The Kier molecular flexibility index (Phi) is 4.28. The van der Waals surface area contributed by atoms with Gasteiger partial charge in [-0.1, -0.05) is 0 Å². The number of nitrogens with zero attached hydrogens (tertiary/aromatic N) is 1. The number of carboxylic acids is 1. The van der Waals surface area contributed by atoms with Crippen molar-refractivity contribution >= 4 is 23.3 Å². The molecule has 0 aromatic heterocycles. The van der Waals surface area contributed by atoms with Crippen LogP contribution < -0.4 is 10.6 Å². The van der Waals surface area contributed by atoms with Gasteiger partial charge in [0.05, 0.1) is 16.9 Å². The van der Waals surface area contributed by atoms with Crippen molar-refractivity contribution in [1.82, 2.24) is 0 Å². The number of anilines is 2. The monoisotopic (exact) mass is 252 g/mol. The first-order chi connectivity index (χ1) is 8.38. The van der Waals surface area contributed by atoms with Gasteiger partial charge in [0.2, 0.25) is 0 Å². The fraction of sp³-hybridized carbons (Fsp3) is 0.333. The number of likely N-dealkylation sites (N-methyl/N-ethyl adjacent to an activating group) is 1. The van der Waals surface area contributed by atoms with E-state index in [0.717, 1.165) is 0 Å². The third-order valence-electron chi connectivity index (χ3n) is 2.67. The summed E-state index contributed by atoms with van der Waals surface area (Å²) in [5.74, 6) is -1.32. The highest BCUT2D eigenvalue weighted by molar-refractivity contribution is 5.99. The van der Waals surface area contributed by atoms with E-state index in [1.54, 1.807) is 14.0 Å². The van der Waals surface area contributed by atoms with Crippen LogP contribution in [0.4, 0.5) is 11.4 Å². The second-order valence-electron chi connectivity index (χ2n) is 3.85. The lowest BCUT2D eigenvalue weighted by Crippen LogP contribution is -2.36. The zero-order chi connectivity index (χ0) is 13.9. The van der Waals surface area contributed by atoms with E-state index >= 15 is 0 Å². The van der Waals surface area contributed by atoms with Crippen molar-refractivity contribution in [3.63, 3.8) is 0 Å². The van der Waals surface area contributed by atoms with Crippen LogP contribution in [0, 0.1) is 0 Å². The Morgan fingerprint density at radius 1 is 1.44 bits per heavy atom. The average Bonchev–Trinajstić information content (AvgIpc) is 2.35. The molecule has 6 heteroatoms. The molecule has 98 valence electrons. The maximum atomic E-state index is 11.9. The number of carbonyl (C=O) groups excluding carboxylic acids is 1. The van der Waals surface area contributed by atoms with Crippen LogP contribution in [0.1, 0.15) is 17.3 Å². The van der Waals surface area contributed by atoms with Gasteiger partial charge in [-0.3, -0.25) is 4.79 Å². The number of hydrogen-bond acceptors (Lipinski definition) is 4. The molecule has 0 saturated heterocycles. The number of amides is 1. The van der Waals surface area contributed by atoms with Crippen LogP contribution in [-0.2, 0) is 9.53 Å². The van der Waals surface area contributed by atoms with Crippen molar-refractivity contribution in [1.29, 1.82) is 0 Å². The Morgan fingerprint density at radius 3 is 2.50 bits per heavy atom. The Labute approximate surface area is 105 Å². The first-order valence-corrected chi connectivity index (χ1v) is 5.31. The Balaban J connectivity index is 3.04. The van der Waals surface area contributed by atoms with E-state index in [9.17, 15) is 9.59 Å². The predicted molar refractivity (Wildman–Crippen MR) is 67.7 cm³/mol. The molecule has 0 heterocycles. The van der Waals surface area contributed by atoms with Gasteiger partial charge in [0.15, 0.2) is 0 Å². The number of nitrogens with two attached hydrogens (primary N) is 1. The lowest BCUT2D eigenvalue weighted by Gasteiger charge is -2.22.